The Hall–Kier alpha value is -2.26. The Labute approximate surface area is 123 Å². The van der Waals surface area contributed by atoms with Crippen LogP contribution in [0, 0.1) is 5.82 Å². The van der Waals surface area contributed by atoms with Crippen LogP contribution in [-0.2, 0) is 10.0 Å². The molecule has 0 bridgehead atoms. The molecule has 10 heteroatoms. The first-order valence-corrected chi connectivity index (χ1v) is 7.20. The van der Waals surface area contributed by atoms with E-state index in [-0.39, 0.29) is 16.7 Å². The number of carboxylic acids is 1. The number of aromatic carboxylic acids is 1. The Morgan fingerprint density at radius 1 is 1.33 bits per heavy atom. The smallest absolute Gasteiger partial charge is 0.335 e. The molecule has 0 amide bonds. The van der Waals surface area contributed by atoms with E-state index in [1.165, 1.54) is 12.3 Å². The van der Waals surface area contributed by atoms with E-state index in [0.717, 1.165) is 12.1 Å². The molecule has 0 saturated carbocycles. The summed E-state index contributed by atoms with van der Waals surface area (Å²) in [6, 6.07) is 3.72. The van der Waals surface area contributed by atoms with Gasteiger partial charge in [-0.3, -0.25) is 0 Å². The van der Waals surface area contributed by atoms with E-state index in [9.17, 15) is 17.6 Å². The van der Waals surface area contributed by atoms with E-state index in [1.807, 2.05) is 4.72 Å². The Morgan fingerprint density at radius 2 is 2.05 bits per heavy atom. The molecule has 2 N–H and O–H groups in total. The Morgan fingerprint density at radius 3 is 2.67 bits per heavy atom. The van der Waals surface area contributed by atoms with E-state index in [4.69, 9.17) is 16.7 Å². The molecule has 110 valence electrons. The highest BCUT2D eigenvalue weighted by atomic mass is 35.5. The van der Waals surface area contributed by atoms with Crippen LogP contribution in [0.15, 0.2) is 35.4 Å². The van der Waals surface area contributed by atoms with Gasteiger partial charge in [0.05, 0.1) is 5.56 Å². The summed E-state index contributed by atoms with van der Waals surface area (Å²) in [7, 11) is -4.39. The number of carboxylic acid groups (broad SMARTS) is 1. The lowest BCUT2D eigenvalue weighted by Gasteiger charge is -2.08. The van der Waals surface area contributed by atoms with Gasteiger partial charge in [0.15, 0.2) is 0 Å². The van der Waals surface area contributed by atoms with Gasteiger partial charge in [0.25, 0.3) is 10.0 Å². The molecule has 0 saturated heterocycles. The van der Waals surface area contributed by atoms with Crippen molar-refractivity contribution in [2.45, 2.75) is 4.90 Å². The Bertz CT molecular complexity index is 813. The van der Waals surface area contributed by atoms with Crippen molar-refractivity contribution in [1.29, 1.82) is 0 Å². The second-order valence-corrected chi connectivity index (χ2v) is 5.80. The average molecular weight is 332 g/mol. The lowest BCUT2D eigenvalue weighted by molar-refractivity contribution is 0.0696. The summed E-state index contributed by atoms with van der Waals surface area (Å²) in [6.07, 6.45) is 1.21. The molecular formula is C11H7ClFN3O4S. The van der Waals surface area contributed by atoms with Crippen LogP contribution in [0.5, 0.6) is 0 Å². The molecule has 0 fully saturated rings. The van der Waals surface area contributed by atoms with Crippen LogP contribution in [0.1, 0.15) is 10.4 Å². The van der Waals surface area contributed by atoms with Gasteiger partial charge in [-0.05, 0) is 24.3 Å². The summed E-state index contributed by atoms with van der Waals surface area (Å²) in [6.45, 7) is 0. The number of benzene rings is 1. The fourth-order valence-electron chi connectivity index (χ4n) is 1.40. The van der Waals surface area contributed by atoms with Crippen LogP contribution >= 0.6 is 11.6 Å². The van der Waals surface area contributed by atoms with Crippen molar-refractivity contribution in [1.82, 2.24) is 9.97 Å². The maximum absolute atomic E-state index is 13.6. The minimum absolute atomic E-state index is 0.0116. The maximum Gasteiger partial charge on any atom is 0.335 e. The first-order valence-electron chi connectivity index (χ1n) is 5.34. The van der Waals surface area contributed by atoms with Gasteiger partial charge < -0.3 is 5.11 Å². The SMILES string of the molecule is O=C(O)c1ccc(F)c(S(=O)(=O)Nc2nccc(Cl)n2)c1. The van der Waals surface area contributed by atoms with Crippen molar-refractivity contribution >= 4 is 33.5 Å². The fraction of sp³-hybridized carbons (Fsp3) is 0. The van der Waals surface area contributed by atoms with Crippen LogP contribution in [0.3, 0.4) is 0 Å². The molecule has 1 heterocycles. The first kappa shape index (κ1) is 15.1. The van der Waals surface area contributed by atoms with Crippen LogP contribution < -0.4 is 4.72 Å². The van der Waals surface area contributed by atoms with Crippen LogP contribution in [0.25, 0.3) is 0 Å². The van der Waals surface area contributed by atoms with Crippen molar-refractivity contribution in [3.8, 4) is 0 Å². The molecule has 1 aromatic heterocycles. The Balaban J connectivity index is 2.44. The predicted molar refractivity (Wildman–Crippen MR) is 71.2 cm³/mol. The zero-order valence-electron chi connectivity index (χ0n) is 10.1. The number of nitrogens with one attached hydrogen (secondary N) is 1. The molecule has 2 aromatic rings. The molecular weight excluding hydrogens is 325 g/mol. The zero-order chi connectivity index (χ0) is 15.6. The molecule has 7 nitrogen and oxygen atoms in total. The number of rotatable bonds is 4. The quantitative estimate of drug-likeness (QED) is 0.826. The second-order valence-electron chi connectivity index (χ2n) is 3.76. The van der Waals surface area contributed by atoms with Crippen molar-refractivity contribution < 1.29 is 22.7 Å². The largest absolute Gasteiger partial charge is 0.478 e. The zero-order valence-corrected chi connectivity index (χ0v) is 11.7. The molecule has 1 aromatic carbocycles. The fourth-order valence-corrected chi connectivity index (χ4v) is 2.60. The number of sulfonamides is 1. The van der Waals surface area contributed by atoms with Gasteiger partial charge in [-0.25, -0.2) is 32.3 Å². The number of nitrogens with zero attached hydrogens (tertiary/aromatic N) is 2. The van der Waals surface area contributed by atoms with Gasteiger partial charge in [0, 0.05) is 6.20 Å². The van der Waals surface area contributed by atoms with Gasteiger partial charge in [-0.1, -0.05) is 11.6 Å². The molecule has 0 radical (unpaired) electrons. The van der Waals surface area contributed by atoms with E-state index in [1.54, 1.807) is 0 Å². The molecule has 0 aliphatic carbocycles. The minimum atomic E-state index is -4.39. The number of hydrogen-bond donors (Lipinski definition) is 2. The van der Waals surface area contributed by atoms with Crippen molar-refractivity contribution in [3.05, 3.63) is 47.0 Å². The van der Waals surface area contributed by atoms with Crippen LogP contribution in [-0.4, -0.2) is 29.5 Å². The summed E-state index contributed by atoms with van der Waals surface area (Å²) in [5.41, 5.74) is -0.371. The third kappa shape index (κ3) is 3.44. The van der Waals surface area contributed by atoms with Gasteiger partial charge in [0.2, 0.25) is 5.95 Å². The third-order valence-corrected chi connectivity index (χ3v) is 3.87. The summed E-state index contributed by atoms with van der Waals surface area (Å²) in [4.78, 5) is 17.2. The number of aromatic nitrogens is 2. The summed E-state index contributed by atoms with van der Waals surface area (Å²) in [5, 5.41) is 8.80. The van der Waals surface area contributed by atoms with Gasteiger partial charge >= 0.3 is 5.97 Å². The van der Waals surface area contributed by atoms with Crippen LogP contribution in [0.4, 0.5) is 10.3 Å². The highest BCUT2D eigenvalue weighted by Gasteiger charge is 2.22. The lowest BCUT2D eigenvalue weighted by atomic mass is 10.2. The van der Waals surface area contributed by atoms with Crippen molar-refractivity contribution in [2.24, 2.45) is 0 Å². The van der Waals surface area contributed by atoms with E-state index >= 15 is 0 Å². The molecule has 0 spiro atoms. The number of anilines is 1. The lowest BCUT2D eigenvalue weighted by Crippen LogP contribution is -2.17. The van der Waals surface area contributed by atoms with Crippen LogP contribution in [0.2, 0.25) is 5.15 Å². The molecule has 21 heavy (non-hydrogen) atoms. The van der Waals surface area contributed by atoms with Crippen molar-refractivity contribution in [2.75, 3.05) is 4.72 Å². The first-order chi connectivity index (χ1) is 9.79. The van der Waals surface area contributed by atoms with Gasteiger partial charge in [-0.2, -0.15) is 0 Å². The van der Waals surface area contributed by atoms with Gasteiger partial charge in [-0.15, -0.1) is 0 Å². The average Bonchev–Trinajstić information content (AvgIpc) is 2.38. The second kappa shape index (κ2) is 5.62. The number of carbonyl (C=O) groups is 1. The highest BCUT2D eigenvalue weighted by molar-refractivity contribution is 7.92. The van der Waals surface area contributed by atoms with Crippen molar-refractivity contribution in [3.63, 3.8) is 0 Å². The Kier molecular flexibility index (Phi) is 4.05. The summed E-state index contributed by atoms with van der Waals surface area (Å²) < 4.78 is 39.6. The highest BCUT2D eigenvalue weighted by Crippen LogP contribution is 2.19. The van der Waals surface area contributed by atoms with Gasteiger partial charge in [0.1, 0.15) is 15.9 Å². The molecule has 2 rings (SSSR count). The topological polar surface area (TPSA) is 109 Å². The molecule has 0 aliphatic heterocycles. The summed E-state index contributed by atoms with van der Waals surface area (Å²) >= 11 is 5.58. The summed E-state index contributed by atoms with van der Waals surface area (Å²) in [5.74, 6) is -2.84. The third-order valence-electron chi connectivity index (χ3n) is 2.31. The standard InChI is InChI=1S/C11H7ClFN3O4S/c12-9-3-4-14-11(15-9)16-21(19,20)8-5-6(10(17)18)1-2-7(8)13/h1-5H,(H,17,18)(H,14,15,16). The van der Waals surface area contributed by atoms with E-state index in [2.05, 4.69) is 9.97 Å². The molecule has 0 unspecified atom stereocenters. The molecule has 0 atom stereocenters. The maximum atomic E-state index is 13.6. The van der Waals surface area contributed by atoms with E-state index in [0.29, 0.717) is 6.07 Å². The van der Waals surface area contributed by atoms with E-state index < -0.39 is 26.7 Å². The molecule has 0 aliphatic rings. The number of halogens is 2. The predicted octanol–water partition coefficient (Wildman–Crippen LogP) is 1.77. The number of hydrogen-bond acceptors (Lipinski definition) is 5. The normalized spacial score (nSPS) is 11.1. The minimum Gasteiger partial charge on any atom is -0.478 e. The monoisotopic (exact) mass is 331 g/mol.